The zero-order chi connectivity index (χ0) is 13.9. The molecule has 0 radical (unpaired) electrons. The summed E-state index contributed by atoms with van der Waals surface area (Å²) >= 11 is 0. The number of nitrogens with two attached hydrogens (primary N) is 1. The molecule has 0 aliphatic carbocycles. The van der Waals surface area contributed by atoms with Gasteiger partial charge in [0.1, 0.15) is 5.82 Å². The molecule has 18 heavy (non-hydrogen) atoms. The molecule has 0 aliphatic rings. The second-order valence-electron chi connectivity index (χ2n) is 4.31. The molecule has 0 aliphatic heterocycles. The second-order valence-corrected chi connectivity index (χ2v) is 4.31. The van der Waals surface area contributed by atoms with E-state index in [2.05, 4.69) is 0 Å². The van der Waals surface area contributed by atoms with Crippen molar-refractivity contribution in [3.05, 3.63) is 40.7 Å². The first-order chi connectivity index (χ1) is 8.25. The van der Waals surface area contributed by atoms with Crippen LogP contribution in [0.4, 0.5) is 17.6 Å². The van der Waals surface area contributed by atoms with E-state index in [-0.39, 0.29) is 18.0 Å². The molecule has 0 unspecified atom stereocenters. The molecule has 0 saturated carbocycles. The van der Waals surface area contributed by atoms with Crippen LogP contribution in [0.3, 0.4) is 0 Å². The molecule has 0 spiro atoms. The van der Waals surface area contributed by atoms with Crippen LogP contribution >= 0.6 is 0 Å². The van der Waals surface area contributed by atoms with Crippen LogP contribution in [0.15, 0.2) is 23.8 Å². The number of hydrogen-bond acceptors (Lipinski definition) is 1. The van der Waals surface area contributed by atoms with Crippen LogP contribution in [-0.2, 0) is 6.18 Å². The molecule has 0 aromatic heterocycles. The largest absolute Gasteiger partial charge is 0.417 e. The van der Waals surface area contributed by atoms with Gasteiger partial charge in [-0.05, 0) is 23.6 Å². The van der Waals surface area contributed by atoms with Gasteiger partial charge in [0.15, 0.2) is 0 Å². The number of alkyl halides is 3. The van der Waals surface area contributed by atoms with Crippen LogP contribution in [0.1, 0.15) is 25.0 Å². The Morgan fingerprint density at radius 3 is 2.39 bits per heavy atom. The van der Waals surface area contributed by atoms with Crippen molar-refractivity contribution in [1.29, 1.82) is 0 Å². The van der Waals surface area contributed by atoms with Crippen molar-refractivity contribution in [2.75, 3.05) is 6.54 Å². The number of rotatable bonds is 3. The lowest BCUT2D eigenvalue weighted by molar-refractivity contribution is -0.137. The molecule has 1 aromatic rings. The number of benzene rings is 1. The Hall–Kier alpha value is -1.36. The fourth-order valence-corrected chi connectivity index (χ4v) is 1.56. The predicted octanol–water partition coefficient (Wildman–Crippen LogP) is 3.84. The van der Waals surface area contributed by atoms with Gasteiger partial charge in [0.05, 0.1) is 5.56 Å². The van der Waals surface area contributed by atoms with E-state index >= 15 is 0 Å². The minimum absolute atomic E-state index is 0.0427. The first kappa shape index (κ1) is 14.7. The summed E-state index contributed by atoms with van der Waals surface area (Å²) in [4.78, 5) is 0. The first-order valence-corrected chi connectivity index (χ1v) is 5.53. The Morgan fingerprint density at radius 2 is 1.94 bits per heavy atom. The molecule has 100 valence electrons. The highest BCUT2D eigenvalue weighted by atomic mass is 19.4. The van der Waals surface area contributed by atoms with Gasteiger partial charge in [-0.3, -0.25) is 0 Å². The second kappa shape index (κ2) is 5.52. The molecule has 0 amide bonds. The molecule has 0 atom stereocenters. The summed E-state index contributed by atoms with van der Waals surface area (Å²) in [5, 5.41) is 0. The topological polar surface area (TPSA) is 26.0 Å². The van der Waals surface area contributed by atoms with E-state index in [9.17, 15) is 17.6 Å². The quantitative estimate of drug-likeness (QED) is 0.822. The van der Waals surface area contributed by atoms with Gasteiger partial charge >= 0.3 is 6.18 Å². The lowest BCUT2D eigenvalue weighted by atomic mass is 9.98. The van der Waals surface area contributed by atoms with Crippen LogP contribution in [-0.4, -0.2) is 6.54 Å². The van der Waals surface area contributed by atoms with E-state index in [0.717, 1.165) is 12.1 Å². The van der Waals surface area contributed by atoms with Gasteiger partial charge in [0.25, 0.3) is 0 Å². The first-order valence-electron chi connectivity index (χ1n) is 5.53. The van der Waals surface area contributed by atoms with Crippen molar-refractivity contribution in [3.63, 3.8) is 0 Å². The van der Waals surface area contributed by atoms with E-state index in [4.69, 9.17) is 5.73 Å². The van der Waals surface area contributed by atoms with E-state index < -0.39 is 17.6 Å². The molecule has 0 saturated heterocycles. The normalized spacial score (nSPS) is 13.2. The zero-order valence-electron chi connectivity index (χ0n) is 10.2. The Morgan fingerprint density at radius 1 is 1.33 bits per heavy atom. The Kier molecular flexibility index (Phi) is 4.51. The molecule has 2 N–H and O–H groups in total. The average molecular weight is 261 g/mol. The van der Waals surface area contributed by atoms with Crippen molar-refractivity contribution in [2.24, 2.45) is 11.7 Å². The predicted molar refractivity (Wildman–Crippen MR) is 63.3 cm³/mol. The van der Waals surface area contributed by atoms with Crippen molar-refractivity contribution in [1.82, 2.24) is 0 Å². The van der Waals surface area contributed by atoms with Crippen molar-refractivity contribution in [3.8, 4) is 0 Å². The molecule has 0 heterocycles. The lowest BCUT2D eigenvalue weighted by Gasteiger charge is -2.13. The monoisotopic (exact) mass is 261 g/mol. The summed E-state index contributed by atoms with van der Waals surface area (Å²) in [5.41, 5.74) is 5.14. The number of halogens is 4. The fourth-order valence-electron chi connectivity index (χ4n) is 1.56. The summed E-state index contributed by atoms with van der Waals surface area (Å²) in [6, 6.07) is 2.63. The number of hydrogen-bond donors (Lipinski definition) is 1. The van der Waals surface area contributed by atoms with E-state index in [1.807, 2.05) is 13.8 Å². The van der Waals surface area contributed by atoms with E-state index in [1.54, 1.807) is 0 Å². The maximum Gasteiger partial charge on any atom is 0.417 e. The Bertz CT molecular complexity index is 447. The van der Waals surface area contributed by atoms with Gasteiger partial charge in [-0.25, -0.2) is 4.39 Å². The summed E-state index contributed by atoms with van der Waals surface area (Å²) < 4.78 is 51.2. The van der Waals surface area contributed by atoms with Gasteiger partial charge in [-0.1, -0.05) is 31.6 Å². The molecule has 1 rings (SSSR count). The average Bonchev–Trinajstić information content (AvgIpc) is 2.25. The van der Waals surface area contributed by atoms with Crippen LogP contribution in [0.25, 0.3) is 6.08 Å². The molecular weight excluding hydrogens is 246 g/mol. The third-order valence-corrected chi connectivity index (χ3v) is 2.64. The zero-order valence-corrected chi connectivity index (χ0v) is 10.2. The van der Waals surface area contributed by atoms with Crippen LogP contribution in [0, 0.1) is 11.7 Å². The molecule has 1 aromatic carbocycles. The summed E-state index contributed by atoms with van der Waals surface area (Å²) in [6.07, 6.45) is -3.20. The Balaban J connectivity index is 3.33. The van der Waals surface area contributed by atoms with Crippen LogP contribution in [0.2, 0.25) is 0 Å². The van der Waals surface area contributed by atoms with Crippen LogP contribution < -0.4 is 5.73 Å². The van der Waals surface area contributed by atoms with Gasteiger partial charge < -0.3 is 5.73 Å². The van der Waals surface area contributed by atoms with Gasteiger partial charge in [0.2, 0.25) is 0 Å². The van der Waals surface area contributed by atoms with Gasteiger partial charge in [-0.15, -0.1) is 0 Å². The summed E-state index contributed by atoms with van der Waals surface area (Å²) in [7, 11) is 0. The highest BCUT2D eigenvalue weighted by molar-refractivity contribution is 5.58. The molecule has 1 nitrogen and oxygen atoms in total. The van der Waals surface area contributed by atoms with Gasteiger partial charge in [0, 0.05) is 6.54 Å². The minimum Gasteiger partial charge on any atom is -0.327 e. The van der Waals surface area contributed by atoms with Crippen molar-refractivity contribution in [2.45, 2.75) is 20.0 Å². The molecular formula is C13H15F4N. The highest BCUT2D eigenvalue weighted by Crippen LogP contribution is 2.33. The van der Waals surface area contributed by atoms with Crippen molar-refractivity contribution < 1.29 is 17.6 Å². The molecule has 0 fully saturated rings. The molecule has 5 heteroatoms. The minimum atomic E-state index is -4.58. The summed E-state index contributed by atoms with van der Waals surface area (Å²) in [5.74, 6) is -0.862. The van der Waals surface area contributed by atoms with E-state index in [0.29, 0.717) is 11.6 Å². The summed E-state index contributed by atoms with van der Waals surface area (Å²) in [6.45, 7) is 3.86. The van der Waals surface area contributed by atoms with Crippen molar-refractivity contribution >= 4 is 6.08 Å². The standard InChI is InChI=1S/C13H15F4N/c1-8(2)10(7-18)5-9-3-4-11(14)6-12(9)13(15,16)17/h3-6,8H,7,18H2,1-2H3/b10-5+. The fraction of sp³-hybridized carbons (Fsp3) is 0.385. The third kappa shape index (κ3) is 3.57. The lowest BCUT2D eigenvalue weighted by Crippen LogP contribution is -2.11. The van der Waals surface area contributed by atoms with Crippen LogP contribution in [0.5, 0.6) is 0 Å². The maximum absolute atomic E-state index is 12.9. The molecule has 0 bridgehead atoms. The van der Waals surface area contributed by atoms with E-state index in [1.165, 1.54) is 6.08 Å². The smallest absolute Gasteiger partial charge is 0.327 e. The maximum atomic E-state index is 12.9. The Labute approximate surface area is 103 Å². The highest BCUT2D eigenvalue weighted by Gasteiger charge is 2.33. The third-order valence-electron chi connectivity index (χ3n) is 2.64. The van der Waals surface area contributed by atoms with Gasteiger partial charge in [-0.2, -0.15) is 13.2 Å². The SMILES string of the molecule is CC(C)/C(=C/c1ccc(F)cc1C(F)(F)F)CN.